The fraction of sp³-hybridized carbons (Fsp3) is 0.464. The Balaban J connectivity index is 1.76. The van der Waals surface area contributed by atoms with Gasteiger partial charge in [0.05, 0.1) is 0 Å². The molecule has 1 fully saturated rings. The van der Waals surface area contributed by atoms with E-state index in [1.807, 2.05) is 23.1 Å². The van der Waals surface area contributed by atoms with Crippen LogP contribution in [0.1, 0.15) is 91.9 Å². The molecule has 4 rings (SSSR count). The van der Waals surface area contributed by atoms with Gasteiger partial charge in [-0.3, -0.25) is 14.7 Å². The van der Waals surface area contributed by atoms with Crippen molar-refractivity contribution in [2.45, 2.75) is 84.2 Å². The highest BCUT2D eigenvalue weighted by Crippen LogP contribution is 2.40. The highest BCUT2D eigenvalue weighted by atomic mass is 32.1. The third-order valence-corrected chi connectivity index (χ3v) is 7.40. The molecule has 0 aromatic heterocycles. The molecule has 3 nitrogen and oxygen atoms in total. The minimum absolute atomic E-state index is 0.0231. The first-order valence-corrected chi connectivity index (χ1v) is 12.2. The summed E-state index contributed by atoms with van der Waals surface area (Å²) >= 11 is 5.96. The van der Waals surface area contributed by atoms with Crippen LogP contribution in [0.4, 0.5) is 0 Å². The van der Waals surface area contributed by atoms with Crippen molar-refractivity contribution in [2.75, 3.05) is 0 Å². The van der Waals surface area contributed by atoms with Crippen molar-refractivity contribution in [3.63, 3.8) is 0 Å². The topological polar surface area (TPSA) is 32.7 Å². The molecule has 0 atom stereocenters. The van der Waals surface area contributed by atoms with Crippen LogP contribution in [0.5, 0.6) is 0 Å². The number of nitrogens with zero attached hydrogens (tertiary/aromatic N) is 2. The number of carbonyl (C=O) groups excluding carboxylic acids is 1. The van der Waals surface area contributed by atoms with E-state index in [0.717, 1.165) is 42.5 Å². The van der Waals surface area contributed by atoms with Crippen LogP contribution in [0.15, 0.2) is 47.5 Å². The second-order valence-electron chi connectivity index (χ2n) is 10.4. The largest absolute Gasteiger partial charge is 0.271 e. The zero-order chi connectivity index (χ0) is 23.1. The SMILES string of the molecule is Cc1ccc(C(=O)N2C(=S)C(c3ccc(C(C)(C)C)cc3)=NC23CCCCCC3)cc1C. The number of aliphatic imine (C=N–C) groups is 1. The van der Waals surface area contributed by atoms with Crippen molar-refractivity contribution in [1.82, 2.24) is 4.90 Å². The van der Waals surface area contributed by atoms with Gasteiger partial charge in [0.1, 0.15) is 16.4 Å². The second kappa shape index (κ2) is 8.55. The number of aryl methyl sites for hydroxylation is 2. The van der Waals surface area contributed by atoms with Crippen LogP contribution in [0.3, 0.4) is 0 Å². The molecular formula is C28H34N2OS. The Morgan fingerprint density at radius 1 is 0.938 bits per heavy atom. The van der Waals surface area contributed by atoms with Gasteiger partial charge in [-0.15, -0.1) is 0 Å². The van der Waals surface area contributed by atoms with Gasteiger partial charge in [-0.25, -0.2) is 0 Å². The van der Waals surface area contributed by atoms with E-state index in [4.69, 9.17) is 17.2 Å². The van der Waals surface area contributed by atoms with Gasteiger partial charge in [-0.05, 0) is 73.8 Å². The van der Waals surface area contributed by atoms with Crippen molar-refractivity contribution in [1.29, 1.82) is 0 Å². The van der Waals surface area contributed by atoms with Crippen LogP contribution in [0.2, 0.25) is 0 Å². The summed E-state index contributed by atoms with van der Waals surface area (Å²) in [4.78, 5) is 21.5. The molecule has 0 radical (unpaired) electrons. The second-order valence-corrected chi connectivity index (χ2v) is 10.8. The fourth-order valence-electron chi connectivity index (χ4n) is 4.83. The Bertz CT molecular complexity index is 1070. The number of hydrogen-bond acceptors (Lipinski definition) is 3. The van der Waals surface area contributed by atoms with Gasteiger partial charge in [-0.2, -0.15) is 0 Å². The minimum Gasteiger partial charge on any atom is -0.271 e. The molecule has 2 aliphatic rings. The molecule has 1 amide bonds. The van der Waals surface area contributed by atoms with Crippen molar-refractivity contribution in [2.24, 2.45) is 4.99 Å². The van der Waals surface area contributed by atoms with E-state index in [2.05, 4.69) is 58.9 Å². The van der Waals surface area contributed by atoms with Gasteiger partial charge in [0.15, 0.2) is 0 Å². The minimum atomic E-state index is -0.554. The molecule has 1 spiro atoms. The van der Waals surface area contributed by atoms with Crippen LogP contribution < -0.4 is 0 Å². The smallest absolute Gasteiger partial charge is 0.260 e. The summed E-state index contributed by atoms with van der Waals surface area (Å²) in [5, 5.41) is 0. The van der Waals surface area contributed by atoms with Crippen LogP contribution in [0, 0.1) is 13.8 Å². The Morgan fingerprint density at radius 2 is 1.56 bits per heavy atom. The predicted molar refractivity (Wildman–Crippen MR) is 137 cm³/mol. The monoisotopic (exact) mass is 446 g/mol. The Morgan fingerprint density at radius 3 is 2.12 bits per heavy atom. The molecule has 0 unspecified atom stereocenters. The number of hydrogen-bond donors (Lipinski definition) is 0. The van der Waals surface area contributed by atoms with Gasteiger partial charge in [0, 0.05) is 11.1 Å². The molecule has 168 valence electrons. The van der Waals surface area contributed by atoms with Crippen LogP contribution >= 0.6 is 12.2 Å². The van der Waals surface area contributed by atoms with Crippen molar-refractivity contribution < 1.29 is 4.79 Å². The van der Waals surface area contributed by atoms with E-state index in [0.29, 0.717) is 10.6 Å². The van der Waals surface area contributed by atoms with E-state index in [1.165, 1.54) is 24.0 Å². The fourth-order valence-corrected chi connectivity index (χ4v) is 5.25. The van der Waals surface area contributed by atoms with Crippen molar-refractivity contribution in [3.8, 4) is 0 Å². The molecule has 4 heteroatoms. The molecule has 1 aliphatic carbocycles. The average Bonchev–Trinajstić information content (AvgIpc) is 2.88. The van der Waals surface area contributed by atoms with Gasteiger partial charge >= 0.3 is 0 Å². The maximum absolute atomic E-state index is 13.8. The van der Waals surface area contributed by atoms with E-state index < -0.39 is 5.66 Å². The summed E-state index contributed by atoms with van der Waals surface area (Å²) in [6.45, 7) is 10.8. The normalized spacial score (nSPS) is 18.6. The quantitative estimate of drug-likeness (QED) is 0.469. The zero-order valence-corrected chi connectivity index (χ0v) is 20.8. The Kier molecular flexibility index (Phi) is 6.10. The Labute approximate surface area is 197 Å². The summed E-state index contributed by atoms with van der Waals surface area (Å²) < 4.78 is 0. The van der Waals surface area contributed by atoms with Crippen LogP contribution in [-0.4, -0.2) is 27.2 Å². The zero-order valence-electron chi connectivity index (χ0n) is 20.0. The highest BCUT2D eigenvalue weighted by molar-refractivity contribution is 7.82. The Hall–Kier alpha value is -2.33. The molecule has 32 heavy (non-hydrogen) atoms. The van der Waals surface area contributed by atoms with Gasteiger partial charge in [0.25, 0.3) is 5.91 Å². The number of amides is 1. The van der Waals surface area contributed by atoms with E-state index in [1.54, 1.807) is 0 Å². The van der Waals surface area contributed by atoms with Crippen LogP contribution in [-0.2, 0) is 5.41 Å². The summed E-state index contributed by atoms with van der Waals surface area (Å²) in [5.41, 5.74) is 5.60. The lowest BCUT2D eigenvalue weighted by atomic mass is 9.86. The average molecular weight is 447 g/mol. The third-order valence-electron chi connectivity index (χ3n) is 7.03. The molecule has 1 saturated carbocycles. The lowest BCUT2D eigenvalue weighted by molar-refractivity contribution is 0.0691. The summed E-state index contributed by atoms with van der Waals surface area (Å²) in [6, 6.07) is 14.5. The number of benzene rings is 2. The number of thiocarbonyl (C=S) groups is 1. The predicted octanol–water partition coefficient (Wildman–Crippen LogP) is 6.92. The maximum atomic E-state index is 13.8. The molecule has 2 aromatic rings. The van der Waals surface area contributed by atoms with Gasteiger partial charge in [0.2, 0.25) is 0 Å². The van der Waals surface area contributed by atoms with E-state index >= 15 is 0 Å². The molecule has 1 aliphatic heterocycles. The third kappa shape index (κ3) is 4.17. The number of carbonyl (C=O) groups is 1. The summed E-state index contributed by atoms with van der Waals surface area (Å²) in [6.07, 6.45) is 6.25. The molecule has 0 N–H and O–H groups in total. The van der Waals surface area contributed by atoms with E-state index in [9.17, 15) is 4.79 Å². The summed E-state index contributed by atoms with van der Waals surface area (Å²) in [7, 11) is 0. The first kappa shape index (κ1) is 22.8. The standard InChI is InChI=1S/C28H34N2OS/c1-19-10-11-22(18-20(19)2)25(31)30-26(32)24(29-28(30)16-8-6-7-9-17-28)21-12-14-23(15-13-21)27(3,4)5/h10-15,18H,6-9,16-17H2,1-5H3. The van der Waals surface area contributed by atoms with E-state index in [-0.39, 0.29) is 11.3 Å². The molecule has 0 saturated heterocycles. The van der Waals surface area contributed by atoms with Crippen LogP contribution in [0.25, 0.3) is 0 Å². The van der Waals surface area contributed by atoms with Gasteiger partial charge < -0.3 is 0 Å². The molecular weight excluding hydrogens is 412 g/mol. The number of rotatable bonds is 2. The van der Waals surface area contributed by atoms with Crippen molar-refractivity contribution >= 4 is 28.8 Å². The lowest BCUT2D eigenvalue weighted by Gasteiger charge is -2.35. The van der Waals surface area contributed by atoms with Crippen molar-refractivity contribution in [3.05, 3.63) is 70.3 Å². The first-order chi connectivity index (χ1) is 15.1. The summed E-state index contributed by atoms with van der Waals surface area (Å²) in [5.74, 6) is -0.0231. The maximum Gasteiger partial charge on any atom is 0.260 e. The van der Waals surface area contributed by atoms with Gasteiger partial charge in [-0.1, -0.05) is 76.2 Å². The lowest BCUT2D eigenvalue weighted by Crippen LogP contribution is -2.49. The molecule has 1 heterocycles. The highest BCUT2D eigenvalue weighted by Gasteiger charge is 2.48. The molecule has 0 bridgehead atoms. The first-order valence-electron chi connectivity index (χ1n) is 11.8. The molecule has 2 aromatic carbocycles.